The average molecular weight is 472 g/mol. The van der Waals surface area contributed by atoms with Gasteiger partial charge in [-0.1, -0.05) is 0 Å². The third-order valence-corrected chi connectivity index (χ3v) is 6.21. The van der Waals surface area contributed by atoms with Crippen molar-refractivity contribution >= 4 is 34.4 Å². The Bertz CT molecular complexity index is 1120. The van der Waals surface area contributed by atoms with Gasteiger partial charge in [-0.15, -0.1) is 11.3 Å². The van der Waals surface area contributed by atoms with Crippen molar-refractivity contribution < 1.29 is 28.5 Å². The summed E-state index contributed by atoms with van der Waals surface area (Å²) in [6.07, 6.45) is 3.10. The van der Waals surface area contributed by atoms with Gasteiger partial charge in [-0.2, -0.15) is 5.26 Å². The van der Waals surface area contributed by atoms with Gasteiger partial charge in [-0.25, -0.2) is 4.79 Å². The van der Waals surface area contributed by atoms with Gasteiger partial charge in [0.15, 0.2) is 11.5 Å². The maximum absolute atomic E-state index is 12.6. The van der Waals surface area contributed by atoms with Crippen LogP contribution in [0.5, 0.6) is 17.2 Å². The zero-order valence-electron chi connectivity index (χ0n) is 18.9. The van der Waals surface area contributed by atoms with Crippen molar-refractivity contribution in [3.8, 4) is 23.3 Å². The van der Waals surface area contributed by atoms with Crippen LogP contribution < -0.4 is 19.5 Å². The number of nitrogens with one attached hydrogen (secondary N) is 1. The minimum Gasteiger partial charge on any atom is -0.493 e. The average Bonchev–Trinajstić information content (AvgIpc) is 3.17. The van der Waals surface area contributed by atoms with Crippen LogP contribution in [0, 0.1) is 11.3 Å². The molecule has 1 aliphatic rings. The molecule has 0 saturated heterocycles. The maximum Gasteiger partial charge on any atom is 0.410 e. The number of rotatable bonds is 7. The Labute approximate surface area is 196 Å². The molecule has 1 N–H and O–H groups in total. The lowest BCUT2D eigenvalue weighted by Gasteiger charge is -2.25. The van der Waals surface area contributed by atoms with Gasteiger partial charge in [0, 0.05) is 23.1 Å². The van der Waals surface area contributed by atoms with Crippen molar-refractivity contribution in [1.29, 1.82) is 5.26 Å². The summed E-state index contributed by atoms with van der Waals surface area (Å²) in [5.41, 5.74) is 1.93. The molecule has 2 heterocycles. The number of fused-ring (bicyclic) bond motifs is 1. The van der Waals surface area contributed by atoms with Crippen LogP contribution in [0.15, 0.2) is 18.2 Å². The highest BCUT2D eigenvalue weighted by molar-refractivity contribution is 7.16. The fraction of sp³-hybridized carbons (Fsp3) is 0.348. The Morgan fingerprint density at radius 2 is 1.97 bits per heavy atom. The largest absolute Gasteiger partial charge is 0.493 e. The van der Waals surface area contributed by atoms with Crippen LogP contribution in [0.2, 0.25) is 0 Å². The van der Waals surface area contributed by atoms with Gasteiger partial charge in [0.1, 0.15) is 11.1 Å². The number of nitriles is 1. The molecule has 0 atom stereocenters. The molecular formula is C23H25N3O6S. The lowest BCUT2D eigenvalue weighted by molar-refractivity contribution is -0.111. The molecule has 10 heteroatoms. The zero-order chi connectivity index (χ0) is 24.0. The first kappa shape index (κ1) is 23.9. The normalized spacial score (nSPS) is 12.6. The Kier molecular flexibility index (Phi) is 7.79. The summed E-state index contributed by atoms with van der Waals surface area (Å²) >= 11 is 1.30. The van der Waals surface area contributed by atoms with Gasteiger partial charge < -0.3 is 29.2 Å². The number of anilines is 1. The van der Waals surface area contributed by atoms with Gasteiger partial charge in [0.25, 0.3) is 0 Å². The van der Waals surface area contributed by atoms with E-state index in [0.717, 1.165) is 10.4 Å². The number of nitrogens with zero attached hydrogens (tertiary/aromatic N) is 2. The first-order valence-electron chi connectivity index (χ1n) is 10.2. The Hall–Kier alpha value is -3.71. The van der Waals surface area contributed by atoms with Gasteiger partial charge in [-0.05, 0) is 37.1 Å². The summed E-state index contributed by atoms with van der Waals surface area (Å²) in [6.45, 7) is 2.87. The molecule has 0 fully saturated rings. The van der Waals surface area contributed by atoms with Crippen molar-refractivity contribution in [2.45, 2.75) is 19.9 Å². The van der Waals surface area contributed by atoms with Crippen molar-refractivity contribution in [1.82, 2.24) is 4.90 Å². The highest BCUT2D eigenvalue weighted by atomic mass is 32.1. The van der Waals surface area contributed by atoms with E-state index in [1.165, 1.54) is 38.7 Å². The van der Waals surface area contributed by atoms with Gasteiger partial charge in [0.2, 0.25) is 11.7 Å². The third kappa shape index (κ3) is 5.04. The molecule has 0 spiro atoms. The third-order valence-electron chi connectivity index (χ3n) is 5.08. The van der Waals surface area contributed by atoms with E-state index in [-0.39, 0.29) is 6.09 Å². The second kappa shape index (κ2) is 10.7. The zero-order valence-corrected chi connectivity index (χ0v) is 19.7. The molecule has 0 aliphatic carbocycles. The number of ether oxygens (including phenoxy) is 4. The van der Waals surface area contributed by atoms with Crippen LogP contribution in [0.4, 0.5) is 9.80 Å². The van der Waals surface area contributed by atoms with E-state index in [1.54, 1.807) is 30.0 Å². The molecule has 1 aromatic carbocycles. The number of hydrogen-bond acceptors (Lipinski definition) is 8. The standard InChI is InChI=1S/C23H25N3O6S/c1-5-32-23(28)26-11-10-15-16(12-24)22(33-18(15)13-26)25-19(27)9-7-14-6-8-17(29-2)21(31-4)20(14)30-3/h6-9H,5,10-11,13H2,1-4H3,(H,25,27). The summed E-state index contributed by atoms with van der Waals surface area (Å²) in [5, 5.41) is 12.9. The molecule has 9 nitrogen and oxygen atoms in total. The van der Waals surface area contributed by atoms with Crippen molar-refractivity contribution in [3.63, 3.8) is 0 Å². The first-order valence-corrected chi connectivity index (χ1v) is 11.0. The molecule has 174 valence electrons. The highest BCUT2D eigenvalue weighted by Gasteiger charge is 2.28. The van der Waals surface area contributed by atoms with Crippen LogP contribution in [-0.2, 0) is 22.5 Å². The van der Waals surface area contributed by atoms with Crippen molar-refractivity contribution in [2.24, 2.45) is 0 Å². The molecule has 0 bridgehead atoms. The summed E-state index contributed by atoms with van der Waals surface area (Å²) in [5.74, 6) is 0.968. The van der Waals surface area contributed by atoms with Gasteiger partial charge in [0.05, 0.1) is 40.0 Å². The van der Waals surface area contributed by atoms with Crippen LogP contribution in [-0.4, -0.2) is 51.4 Å². The quantitative estimate of drug-likeness (QED) is 0.612. The van der Waals surface area contributed by atoms with E-state index >= 15 is 0 Å². The van der Waals surface area contributed by atoms with Crippen LogP contribution in [0.3, 0.4) is 0 Å². The molecular weight excluding hydrogens is 446 g/mol. The van der Waals surface area contributed by atoms with Crippen LogP contribution in [0.25, 0.3) is 6.08 Å². The molecule has 0 unspecified atom stereocenters. The SMILES string of the molecule is CCOC(=O)N1CCc2c(sc(NC(=O)C=Cc3ccc(OC)c(OC)c3OC)c2C#N)C1. The molecule has 1 aromatic heterocycles. The number of carbonyl (C=O) groups excluding carboxylic acids is 2. The number of thiophene rings is 1. The summed E-state index contributed by atoms with van der Waals surface area (Å²) in [4.78, 5) is 27.1. The lowest BCUT2D eigenvalue weighted by atomic mass is 10.0. The Balaban J connectivity index is 1.79. The van der Waals surface area contributed by atoms with E-state index in [2.05, 4.69) is 11.4 Å². The number of hydrogen-bond donors (Lipinski definition) is 1. The maximum atomic E-state index is 12.6. The van der Waals surface area contributed by atoms with Gasteiger partial charge in [-0.3, -0.25) is 4.79 Å². The monoisotopic (exact) mass is 471 g/mol. The molecule has 1 aliphatic heterocycles. The summed E-state index contributed by atoms with van der Waals surface area (Å²) < 4.78 is 21.1. The predicted molar refractivity (Wildman–Crippen MR) is 124 cm³/mol. The topological polar surface area (TPSA) is 110 Å². The molecule has 33 heavy (non-hydrogen) atoms. The van der Waals surface area contributed by atoms with Crippen molar-refractivity contribution in [3.05, 3.63) is 39.8 Å². The minimum absolute atomic E-state index is 0.300. The highest BCUT2D eigenvalue weighted by Crippen LogP contribution is 2.40. The second-order valence-corrected chi connectivity index (χ2v) is 8.04. The first-order chi connectivity index (χ1) is 16.0. The smallest absolute Gasteiger partial charge is 0.410 e. The fourth-order valence-electron chi connectivity index (χ4n) is 3.56. The van der Waals surface area contributed by atoms with E-state index < -0.39 is 5.91 Å². The van der Waals surface area contributed by atoms with E-state index in [9.17, 15) is 14.9 Å². The van der Waals surface area contributed by atoms with Crippen LogP contribution in [0.1, 0.15) is 28.5 Å². The van der Waals surface area contributed by atoms with E-state index in [1.807, 2.05) is 0 Å². The molecule has 0 saturated carbocycles. The number of amides is 2. The second-order valence-electron chi connectivity index (χ2n) is 6.94. The van der Waals surface area contributed by atoms with Crippen LogP contribution >= 0.6 is 11.3 Å². The summed E-state index contributed by atoms with van der Waals surface area (Å²) in [7, 11) is 4.54. The Morgan fingerprint density at radius 1 is 1.21 bits per heavy atom. The molecule has 2 aromatic rings. The summed E-state index contributed by atoms with van der Waals surface area (Å²) in [6, 6.07) is 5.65. The minimum atomic E-state index is -0.399. The van der Waals surface area contributed by atoms with E-state index in [0.29, 0.717) is 59.5 Å². The number of carbonyl (C=O) groups is 2. The molecule has 0 radical (unpaired) electrons. The molecule has 2 amide bonds. The fourth-order valence-corrected chi connectivity index (χ4v) is 4.77. The number of methoxy groups -OCH3 is 3. The van der Waals surface area contributed by atoms with Crippen molar-refractivity contribution in [2.75, 3.05) is 39.8 Å². The van der Waals surface area contributed by atoms with Gasteiger partial charge >= 0.3 is 6.09 Å². The lowest BCUT2D eigenvalue weighted by Crippen LogP contribution is -2.35. The number of benzene rings is 1. The molecule has 3 rings (SSSR count). The van der Waals surface area contributed by atoms with E-state index in [4.69, 9.17) is 18.9 Å². The Morgan fingerprint density at radius 3 is 2.61 bits per heavy atom. The predicted octanol–water partition coefficient (Wildman–Crippen LogP) is 3.81.